The first-order valence-electron chi connectivity index (χ1n) is 13.9. The SMILES string of the molecule is CC[Si](CC)(CC)O[C@H](C[C@H](C)COc1ccc(OC)cc1)[C@@](C)(CCO)O[Si](CC)(CC)CC. The summed E-state index contributed by atoms with van der Waals surface area (Å²) in [4.78, 5) is 0. The Labute approximate surface area is 218 Å². The number of rotatable bonds is 19. The van der Waals surface area contributed by atoms with Crippen molar-refractivity contribution >= 4 is 16.6 Å². The molecule has 0 aliphatic carbocycles. The van der Waals surface area contributed by atoms with Crippen molar-refractivity contribution in [1.29, 1.82) is 0 Å². The van der Waals surface area contributed by atoms with E-state index >= 15 is 0 Å². The molecule has 0 bridgehead atoms. The number of ether oxygens (including phenoxy) is 2. The standard InChI is InChI=1S/C28H54O5Si2/c1-10-34(11-2,12-3)32-27(28(8,20-21-29)33-35(13-4,14-5)15-6)22-24(7)23-31-26-18-16-25(30-9)17-19-26/h16-19,24,27,29H,10-15,20-23H2,1-9H3/t24-,27+,28+/m0/s1. The lowest BCUT2D eigenvalue weighted by Crippen LogP contribution is -2.57. The Morgan fingerprint density at radius 1 is 0.829 bits per heavy atom. The smallest absolute Gasteiger partial charge is 0.192 e. The molecule has 0 saturated carbocycles. The molecular weight excluding hydrogens is 472 g/mol. The summed E-state index contributed by atoms with van der Waals surface area (Å²) in [6.45, 7) is 18.8. The first-order valence-corrected chi connectivity index (χ1v) is 19.0. The van der Waals surface area contributed by atoms with E-state index in [1.165, 1.54) is 0 Å². The van der Waals surface area contributed by atoms with E-state index in [2.05, 4.69) is 55.4 Å². The van der Waals surface area contributed by atoms with Crippen LogP contribution in [-0.4, -0.2) is 53.8 Å². The normalized spacial score (nSPS) is 15.9. The Balaban J connectivity index is 3.20. The maximum absolute atomic E-state index is 10.1. The van der Waals surface area contributed by atoms with Crippen molar-refractivity contribution in [3.05, 3.63) is 24.3 Å². The number of benzene rings is 1. The zero-order chi connectivity index (χ0) is 26.5. The molecule has 35 heavy (non-hydrogen) atoms. The van der Waals surface area contributed by atoms with Crippen molar-refractivity contribution in [3.63, 3.8) is 0 Å². The predicted molar refractivity (Wildman–Crippen MR) is 153 cm³/mol. The first-order chi connectivity index (χ1) is 16.6. The molecule has 1 rings (SSSR count). The van der Waals surface area contributed by atoms with E-state index in [-0.39, 0.29) is 18.6 Å². The lowest BCUT2D eigenvalue weighted by molar-refractivity contribution is -0.0653. The molecule has 0 saturated heterocycles. The molecule has 0 amide bonds. The monoisotopic (exact) mass is 526 g/mol. The molecule has 0 radical (unpaired) electrons. The van der Waals surface area contributed by atoms with Gasteiger partial charge in [0.2, 0.25) is 0 Å². The first kappa shape index (κ1) is 32.2. The minimum atomic E-state index is -1.91. The summed E-state index contributed by atoms with van der Waals surface area (Å²) in [5.74, 6) is 1.95. The van der Waals surface area contributed by atoms with Crippen LogP contribution >= 0.6 is 0 Å². The van der Waals surface area contributed by atoms with Gasteiger partial charge in [-0.2, -0.15) is 0 Å². The zero-order valence-electron chi connectivity index (χ0n) is 24.1. The molecule has 0 spiro atoms. The fourth-order valence-corrected chi connectivity index (χ4v) is 11.1. The van der Waals surface area contributed by atoms with Gasteiger partial charge in [0.1, 0.15) is 11.5 Å². The van der Waals surface area contributed by atoms with E-state index in [4.69, 9.17) is 18.3 Å². The maximum atomic E-state index is 10.1. The summed E-state index contributed by atoms with van der Waals surface area (Å²) >= 11 is 0. The lowest BCUT2D eigenvalue weighted by atomic mass is 9.89. The van der Waals surface area contributed by atoms with Crippen molar-refractivity contribution < 1.29 is 23.4 Å². The van der Waals surface area contributed by atoms with E-state index in [0.717, 1.165) is 54.2 Å². The third kappa shape index (κ3) is 9.18. The van der Waals surface area contributed by atoms with Gasteiger partial charge in [0.15, 0.2) is 16.6 Å². The molecule has 7 heteroatoms. The zero-order valence-corrected chi connectivity index (χ0v) is 26.1. The minimum Gasteiger partial charge on any atom is -0.497 e. The Morgan fingerprint density at radius 2 is 1.31 bits per heavy atom. The third-order valence-corrected chi connectivity index (χ3v) is 17.6. The topological polar surface area (TPSA) is 57.2 Å². The fraction of sp³-hybridized carbons (Fsp3) is 0.786. The van der Waals surface area contributed by atoms with Crippen LogP contribution in [0.1, 0.15) is 68.2 Å². The second kappa shape index (κ2) is 15.4. The summed E-state index contributed by atoms with van der Waals surface area (Å²) in [6.07, 6.45) is 1.38. The largest absolute Gasteiger partial charge is 0.497 e. The van der Waals surface area contributed by atoms with Gasteiger partial charge in [0.25, 0.3) is 0 Å². The Morgan fingerprint density at radius 3 is 1.74 bits per heavy atom. The van der Waals surface area contributed by atoms with Crippen LogP contribution in [0.3, 0.4) is 0 Å². The van der Waals surface area contributed by atoms with Gasteiger partial charge in [0.05, 0.1) is 25.4 Å². The van der Waals surface area contributed by atoms with Crippen LogP contribution in [0, 0.1) is 5.92 Å². The second-order valence-electron chi connectivity index (χ2n) is 10.3. The molecule has 0 aliphatic heterocycles. The summed E-state index contributed by atoms with van der Waals surface area (Å²) in [7, 11) is -2.13. The molecular formula is C28H54O5Si2. The van der Waals surface area contributed by atoms with E-state index < -0.39 is 22.2 Å². The lowest BCUT2D eigenvalue weighted by Gasteiger charge is -2.48. The molecule has 204 valence electrons. The van der Waals surface area contributed by atoms with E-state index in [9.17, 15) is 5.11 Å². The highest BCUT2D eigenvalue weighted by Gasteiger charge is 2.46. The summed E-state index contributed by atoms with van der Waals surface area (Å²) in [5, 5.41) is 10.1. The average Bonchev–Trinajstić information content (AvgIpc) is 2.89. The maximum Gasteiger partial charge on any atom is 0.192 e. The van der Waals surface area contributed by atoms with Crippen LogP contribution in [-0.2, 0) is 8.85 Å². The molecule has 1 aromatic rings. The molecule has 5 nitrogen and oxygen atoms in total. The highest BCUT2D eigenvalue weighted by molar-refractivity contribution is 6.74. The van der Waals surface area contributed by atoms with Crippen molar-refractivity contribution in [1.82, 2.24) is 0 Å². The number of hydrogen-bond donors (Lipinski definition) is 1. The van der Waals surface area contributed by atoms with E-state index in [1.807, 2.05) is 24.3 Å². The second-order valence-corrected chi connectivity index (χ2v) is 19.7. The summed E-state index contributed by atoms with van der Waals surface area (Å²) < 4.78 is 25.7. The predicted octanol–water partition coefficient (Wildman–Crippen LogP) is 7.65. The molecule has 1 N–H and O–H groups in total. The minimum absolute atomic E-state index is 0.0628. The van der Waals surface area contributed by atoms with Gasteiger partial charge in [-0.25, -0.2) is 0 Å². The molecule has 0 aliphatic rings. The van der Waals surface area contributed by atoms with Gasteiger partial charge in [-0.3, -0.25) is 0 Å². The number of methoxy groups -OCH3 is 1. The number of hydrogen-bond acceptors (Lipinski definition) is 5. The third-order valence-electron chi connectivity index (χ3n) is 8.21. The molecule has 3 atom stereocenters. The Bertz CT molecular complexity index is 675. The van der Waals surface area contributed by atoms with Crippen LogP contribution < -0.4 is 9.47 Å². The molecule has 0 aromatic heterocycles. The van der Waals surface area contributed by atoms with Crippen LogP contribution in [0.25, 0.3) is 0 Å². The highest BCUT2D eigenvalue weighted by atomic mass is 28.4. The van der Waals surface area contributed by atoms with Crippen molar-refractivity contribution in [3.8, 4) is 11.5 Å². The van der Waals surface area contributed by atoms with Crippen LogP contribution in [0.4, 0.5) is 0 Å². The van der Waals surface area contributed by atoms with Crippen molar-refractivity contribution in [2.24, 2.45) is 5.92 Å². The molecule has 0 heterocycles. The fourth-order valence-electron chi connectivity index (χ4n) is 5.03. The van der Waals surface area contributed by atoms with Crippen molar-refractivity contribution in [2.45, 2.75) is 116 Å². The average molecular weight is 527 g/mol. The summed E-state index contributed by atoms with van der Waals surface area (Å²) in [5.41, 5.74) is -0.505. The van der Waals surface area contributed by atoms with Gasteiger partial charge in [-0.05, 0) is 79.8 Å². The van der Waals surface area contributed by atoms with Crippen molar-refractivity contribution in [2.75, 3.05) is 20.3 Å². The van der Waals surface area contributed by atoms with E-state index in [1.54, 1.807) is 7.11 Å². The number of aliphatic hydroxyl groups is 1. The Hall–Kier alpha value is -0.866. The van der Waals surface area contributed by atoms with Crippen LogP contribution in [0.15, 0.2) is 24.3 Å². The quantitative estimate of drug-likeness (QED) is 0.188. The van der Waals surface area contributed by atoms with Crippen LogP contribution in [0.2, 0.25) is 36.3 Å². The van der Waals surface area contributed by atoms with Gasteiger partial charge >= 0.3 is 0 Å². The molecule has 1 aromatic carbocycles. The van der Waals surface area contributed by atoms with E-state index in [0.29, 0.717) is 13.0 Å². The van der Waals surface area contributed by atoms with Gasteiger partial charge in [-0.1, -0.05) is 48.5 Å². The number of aliphatic hydroxyl groups excluding tert-OH is 1. The van der Waals surface area contributed by atoms with Gasteiger partial charge < -0.3 is 23.4 Å². The molecule has 0 unspecified atom stereocenters. The van der Waals surface area contributed by atoms with Gasteiger partial charge in [-0.15, -0.1) is 0 Å². The summed E-state index contributed by atoms with van der Waals surface area (Å²) in [6, 6.07) is 14.3. The Kier molecular flexibility index (Phi) is 14.2. The molecule has 0 fully saturated rings. The van der Waals surface area contributed by atoms with Crippen LogP contribution in [0.5, 0.6) is 11.5 Å². The van der Waals surface area contributed by atoms with Gasteiger partial charge in [0, 0.05) is 13.0 Å². The highest BCUT2D eigenvalue weighted by Crippen LogP contribution is 2.38.